The van der Waals surface area contributed by atoms with Gasteiger partial charge >= 0.3 is 0 Å². The number of sulfonamides is 1. The Morgan fingerprint density at radius 2 is 2.05 bits per heavy atom. The van der Waals surface area contributed by atoms with Gasteiger partial charge in [-0.2, -0.15) is 0 Å². The molecule has 1 aromatic heterocycles. The van der Waals surface area contributed by atoms with Crippen LogP contribution in [0.1, 0.15) is 5.56 Å². The molecule has 0 atom stereocenters. The van der Waals surface area contributed by atoms with Crippen molar-refractivity contribution in [1.82, 2.24) is 14.6 Å². The number of hydrogen-bond donors (Lipinski definition) is 2. The Hall–Kier alpha value is -1.37. The maximum absolute atomic E-state index is 11.6. The largest absolute Gasteiger partial charge is 0.361 e. The summed E-state index contributed by atoms with van der Waals surface area (Å²) in [5.41, 5.74) is 2.25. The zero-order valence-corrected chi connectivity index (χ0v) is 12.0. The Morgan fingerprint density at radius 3 is 2.79 bits per heavy atom. The van der Waals surface area contributed by atoms with Gasteiger partial charge in [-0.25, -0.2) is 12.7 Å². The van der Waals surface area contributed by atoms with Crippen molar-refractivity contribution in [1.29, 1.82) is 0 Å². The van der Waals surface area contributed by atoms with Gasteiger partial charge in [0.1, 0.15) is 0 Å². The number of aromatic amines is 1. The molecule has 0 fully saturated rings. The predicted molar refractivity (Wildman–Crippen MR) is 77.5 cm³/mol. The quantitative estimate of drug-likeness (QED) is 0.781. The summed E-state index contributed by atoms with van der Waals surface area (Å²) in [5.74, 6) is 0.112. The van der Waals surface area contributed by atoms with Crippen molar-refractivity contribution in [2.24, 2.45) is 0 Å². The van der Waals surface area contributed by atoms with Crippen LogP contribution in [0.3, 0.4) is 0 Å². The van der Waals surface area contributed by atoms with E-state index in [2.05, 4.69) is 10.3 Å². The first-order valence-corrected chi connectivity index (χ1v) is 7.77. The molecular formula is C13H19N3O2S. The van der Waals surface area contributed by atoms with E-state index < -0.39 is 10.0 Å². The molecule has 19 heavy (non-hydrogen) atoms. The molecule has 2 aromatic rings. The van der Waals surface area contributed by atoms with E-state index in [0.29, 0.717) is 13.1 Å². The highest BCUT2D eigenvalue weighted by Crippen LogP contribution is 2.16. The molecule has 0 spiro atoms. The summed E-state index contributed by atoms with van der Waals surface area (Å²) in [4.78, 5) is 3.20. The normalized spacial score (nSPS) is 12.4. The molecule has 0 aliphatic rings. The van der Waals surface area contributed by atoms with E-state index in [0.717, 1.165) is 11.1 Å². The zero-order chi connectivity index (χ0) is 13.9. The van der Waals surface area contributed by atoms with Crippen LogP contribution in [0.15, 0.2) is 30.5 Å². The number of nitrogens with zero attached hydrogens (tertiary/aromatic N) is 1. The van der Waals surface area contributed by atoms with Gasteiger partial charge in [0.2, 0.25) is 10.0 Å². The van der Waals surface area contributed by atoms with Gasteiger partial charge in [-0.15, -0.1) is 0 Å². The summed E-state index contributed by atoms with van der Waals surface area (Å²) in [6.45, 7) is 1.10. The lowest BCUT2D eigenvalue weighted by Crippen LogP contribution is -2.31. The lowest BCUT2D eigenvalue weighted by Gasteiger charge is -2.11. The van der Waals surface area contributed by atoms with Gasteiger partial charge in [0, 0.05) is 38.9 Å². The number of aromatic nitrogens is 1. The fourth-order valence-electron chi connectivity index (χ4n) is 1.90. The number of para-hydroxylation sites is 1. The zero-order valence-electron chi connectivity index (χ0n) is 11.2. The van der Waals surface area contributed by atoms with Crippen LogP contribution in [0.25, 0.3) is 10.9 Å². The average molecular weight is 281 g/mol. The van der Waals surface area contributed by atoms with Crippen molar-refractivity contribution < 1.29 is 8.42 Å². The van der Waals surface area contributed by atoms with Gasteiger partial charge in [-0.3, -0.25) is 0 Å². The van der Waals surface area contributed by atoms with Gasteiger partial charge in [0.15, 0.2) is 0 Å². The van der Waals surface area contributed by atoms with Crippen molar-refractivity contribution in [3.05, 3.63) is 36.0 Å². The SMILES string of the molecule is CN(C)S(=O)(=O)CCNCc1cccc2cc[nH]c12. The molecule has 104 valence electrons. The molecule has 0 radical (unpaired) electrons. The molecule has 5 nitrogen and oxygen atoms in total. The second-order valence-corrected chi connectivity index (χ2v) is 6.94. The van der Waals surface area contributed by atoms with Crippen LogP contribution in [-0.2, 0) is 16.6 Å². The number of benzene rings is 1. The van der Waals surface area contributed by atoms with Gasteiger partial charge in [0.25, 0.3) is 0 Å². The average Bonchev–Trinajstić information content (AvgIpc) is 2.83. The van der Waals surface area contributed by atoms with Gasteiger partial charge < -0.3 is 10.3 Å². The first kappa shape index (κ1) is 14.0. The molecular weight excluding hydrogens is 262 g/mol. The minimum Gasteiger partial charge on any atom is -0.361 e. The number of hydrogen-bond acceptors (Lipinski definition) is 3. The third-order valence-electron chi connectivity index (χ3n) is 3.08. The van der Waals surface area contributed by atoms with E-state index in [9.17, 15) is 8.42 Å². The Morgan fingerprint density at radius 1 is 1.26 bits per heavy atom. The molecule has 0 aliphatic heterocycles. The molecule has 6 heteroatoms. The minimum absolute atomic E-state index is 0.112. The van der Waals surface area contributed by atoms with E-state index in [-0.39, 0.29) is 5.75 Å². The van der Waals surface area contributed by atoms with Crippen molar-refractivity contribution in [2.75, 3.05) is 26.4 Å². The summed E-state index contributed by atoms with van der Waals surface area (Å²) >= 11 is 0. The van der Waals surface area contributed by atoms with Crippen LogP contribution in [-0.4, -0.2) is 44.1 Å². The molecule has 1 heterocycles. The van der Waals surface area contributed by atoms with Crippen LogP contribution in [0.4, 0.5) is 0 Å². The third kappa shape index (κ3) is 3.34. The monoisotopic (exact) mass is 281 g/mol. The lowest BCUT2D eigenvalue weighted by molar-refractivity contribution is 0.517. The summed E-state index contributed by atoms with van der Waals surface area (Å²) in [6, 6.07) is 8.11. The predicted octanol–water partition coefficient (Wildman–Crippen LogP) is 1.15. The summed E-state index contributed by atoms with van der Waals surface area (Å²) < 4.78 is 24.4. The first-order chi connectivity index (χ1) is 9.00. The standard InChI is InChI=1S/C13H19N3O2S/c1-16(2)19(17,18)9-8-14-10-12-5-3-4-11-6-7-15-13(11)12/h3-7,14-15H,8-10H2,1-2H3. The van der Waals surface area contributed by atoms with Crippen LogP contribution in [0, 0.1) is 0 Å². The summed E-state index contributed by atoms with van der Waals surface area (Å²) in [5, 5.41) is 4.34. The maximum Gasteiger partial charge on any atom is 0.214 e. The van der Waals surface area contributed by atoms with Crippen LogP contribution in [0.2, 0.25) is 0 Å². The highest BCUT2D eigenvalue weighted by molar-refractivity contribution is 7.89. The fraction of sp³-hybridized carbons (Fsp3) is 0.385. The molecule has 0 aliphatic carbocycles. The van der Waals surface area contributed by atoms with E-state index in [4.69, 9.17) is 0 Å². The Kier molecular flexibility index (Phi) is 4.24. The molecule has 0 unspecified atom stereocenters. The van der Waals surface area contributed by atoms with E-state index in [1.807, 2.05) is 30.5 Å². The Balaban J connectivity index is 1.92. The number of H-pyrrole nitrogens is 1. The molecule has 0 saturated carbocycles. The van der Waals surface area contributed by atoms with Crippen molar-refractivity contribution >= 4 is 20.9 Å². The summed E-state index contributed by atoms with van der Waals surface area (Å²) in [6.07, 6.45) is 1.91. The lowest BCUT2D eigenvalue weighted by atomic mass is 10.1. The highest BCUT2D eigenvalue weighted by Gasteiger charge is 2.12. The van der Waals surface area contributed by atoms with E-state index in [1.54, 1.807) is 14.1 Å². The number of nitrogens with one attached hydrogen (secondary N) is 2. The molecule has 2 rings (SSSR count). The molecule has 0 saturated heterocycles. The third-order valence-corrected chi connectivity index (χ3v) is 4.91. The molecule has 0 bridgehead atoms. The van der Waals surface area contributed by atoms with E-state index >= 15 is 0 Å². The topological polar surface area (TPSA) is 65.2 Å². The summed E-state index contributed by atoms with van der Waals surface area (Å²) in [7, 11) is -0.0201. The number of fused-ring (bicyclic) bond motifs is 1. The molecule has 1 aromatic carbocycles. The Labute approximate surface area is 113 Å². The van der Waals surface area contributed by atoms with Gasteiger partial charge in [0.05, 0.1) is 5.75 Å². The van der Waals surface area contributed by atoms with Gasteiger partial charge in [-0.05, 0) is 17.0 Å². The first-order valence-electron chi connectivity index (χ1n) is 6.16. The van der Waals surface area contributed by atoms with Crippen LogP contribution < -0.4 is 5.32 Å². The molecule has 2 N–H and O–H groups in total. The maximum atomic E-state index is 11.6. The van der Waals surface area contributed by atoms with Gasteiger partial charge in [-0.1, -0.05) is 18.2 Å². The highest BCUT2D eigenvalue weighted by atomic mass is 32.2. The van der Waals surface area contributed by atoms with E-state index in [1.165, 1.54) is 9.69 Å². The molecule has 0 amide bonds. The van der Waals surface area contributed by atoms with Crippen molar-refractivity contribution in [3.8, 4) is 0 Å². The van der Waals surface area contributed by atoms with Crippen LogP contribution in [0.5, 0.6) is 0 Å². The van der Waals surface area contributed by atoms with Crippen LogP contribution >= 0.6 is 0 Å². The second-order valence-electron chi connectivity index (χ2n) is 4.63. The fourth-order valence-corrected chi connectivity index (χ4v) is 2.67. The minimum atomic E-state index is -3.12. The Bertz CT molecular complexity index is 647. The number of rotatable bonds is 6. The second kappa shape index (κ2) is 5.73. The van der Waals surface area contributed by atoms with Crippen molar-refractivity contribution in [3.63, 3.8) is 0 Å². The van der Waals surface area contributed by atoms with Crippen molar-refractivity contribution in [2.45, 2.75) is 6.54 Å². The smallest absolute Gasteiger partial charge is 0.214 e.